The Labute approximate surface area is 126 Å². The zero-order chi connectivity index (χ0) is 15.6. The smallest absolute Gasteiger partial charge is 0.222 e. The number of carbonyl (C=O) groups is 1. The number of nitrogens with two attached hydrogens (primary N) is 1. The van der Waals surface area contributed by atoms with Crippen LogP contribution in [0.5, 0.6) is 0 Å². The van der Waals surface area contributed by atoms with E-state index in [1.54, 1.807) is 19.1 Å². The fraction of sp³-hybridized carbons (Fsp3) is 0.533. The zero-order valence-corrected chi connectivity index (χ0v) is 13.3. The van der Waals surface area contributed by atoms with Gasteiger partial charge in [-0.05, 0) is 44.0 Å². The molecule has 0 unspecified atom stereocenters. The first-order valence-electron chi connectivity index (χ1n) is 7.24. The first-order chi connectivity index (χ1) is 9.85. The van der Waals surface area contributed by atoms with Crippen molar-refractivity contribution in [2.75, 3.05) is 17.2 Å². The third-order valence-electron chi connectivity index (χ3n) is 4.19. The molecule has 0 saturated carbocycles. The Kier molecular flexibility index (Phi) is 4.56. The van der Waals surface area contributed by atoms with Crippen molar-refractivity contribution in [1.29, 1.82) is 0 Å². The molecule has 0 radical (unpaired) electrons. The van der Waals surface area contributed by atoms with E-state index < -0.39 is 9.84 Å². The van der Waals surface area contributed by atoms with Gasteiger partial charge >= 0.3 is 0 Å². The van der Waals surface area contributed by atoms with Gasteiger partial charge in [0, 0.05) is 18.3 Å². The largest absolute Gasteiger partial charge is 0.369 e. The number of hydrogen-bond acceptors (Lipinski definition) is 4. The molecule has 1 aliphatic rings. The molecule has 0 bridgehead atoms. The molecule has 0 aliphatic carbocycles. The van der Waals surface area contributed by atoms with Crippen molar-refractivity contribution in [3.8, 4) is 0 Å². The van der Waals surface area contributed by atoms with Crippen molar-refractivity contribution in [3.05, 3.63) is 24.3 Å². The number of anilines is 1. The molecule has 0 spiro atoms. The normalized spacial score (nSPS) is 23.0. The Hall–Kier alpha value is -1.56. The summed E-state index contributed by atoms with van der Waals surface area (Å²) in [6.07, 6.45) is 1.72. The van der Waals surface area contributed by atoms with Crippen molar-refractivity contribution in [3.63, 3.8) is 0 Å². The fourth-order valence-electron chi connectivity index (χ4n) is 2.71. The van der Waals surface area contributed by atoms with Gasteiger partial charge in [-0.15, -0.1) is 0 Å². The maximum absolute atomic E-state index is 11.8. The Morgan fingerprint density at radius 1 is 1.29 bits per heavy atom. The van der Waals surface area contributed by atoms with Crippen LogP contribution in [0.25, 0.3) is 0 Å². The van der Waals surface area contributed by atoms with Crippen LogP contribution in [-0.2, 0) is 14.6 Å². The Morgan fingerprint density at radius 2 is 1.90 bits per heavy atom. The van der Waals surface area contributed by atoms with Gasteiger partial charge in [0.2, 0.25) is 5.91 Å². The summed E-state index contributed by atoms with van der Waals surface area (Å²) >= 11 is 0. The number of sulfone groups is 1. The SMILES string of the molecule is CCS(=O)(=O)c1ccc(N2C[C@H](C(N)=O)CC[C@H]2C)cc1. The third kappa shape index (κ3) is 3.37. The van der Waals surface area contributed by atoms with Crippen LogP contribution >= 0.6 is 0 Å². The molecule has 2 N–H and O–H groups in total. The molecule has 1 heterocycles. The van der Waals surface area contributed by atoms with E-state index in [0.29, 0.717) is 17.5 Å². The number of primary amides is 1. The van der Waals surface area contributed by atoms with Crippen LogP contribution in [0, 0.1) is 5.92 Å². The molecule has 116 valence electrons. The van der Waals surface area contributed by atoms with Gasteiger partial charge in [-0.3, -0.25) is 4.79 Å². The minimum atomic E-state index is -3.18. The summed E-state index contributed by atoms with van der Waals surface area (Å²) in [5, 5.41) is 0. The summed E-state index contributed by atoms with van der Waals surface area (Å²) in [5.74, 6) is -0.312. The number of amides is 1. The van der Waals surface area contributed by atoms with Gasteiger partial charge in [0.25, 0.3) is 0 Å². The zero-order valence-electron chi connectivity index (χ0n) is 12.5. The summed E-state index contributed by atoms with van der Waals surface area (Å²) < 4.78 is 23.6. The van der Waals surface area contributed by atoms with Crippen LogP contribution in [0.4, 0.5) is 5.69 Å². The summed E-state index contributed by atoms with van der Waals surface area (Å²) in [5.41, 5.74) is 6.34. The number of rotatable bonds is 4. The lowest BCUT2D eigenvalue weighted by atomic mass is 9.92. The van der Waals surface area contributed by atoms with Crippen molar-refractivity contribution < 1.29 is 13.2 Å². The second-order valence-electron chi connectivity index (χ2n) is 5.58. The molecule has 1 aromatic carbocycles. The number of piperidine rings is 1. The molecule has 5 nitrogen and oxygen atoms in total. The number of benzene rings is 1. The molecule has 1 aliphatic heterocycles. The van der Waals surface area contributed by atoms with E-state index in [1.807, 2.05) is 12.1 Å². The monoisotopic (exact) mass is 310 g/mol. The maximum atomic E-state index is 11.8. The molecule has 1 amide bonds. The molecule has 1 fully saturated rings. The summed E-state index contributed by atoms with van der Waals surface area (Å²) in [6, 6.07) is 7.20. The topological polar surface area (TPSA) is 80.5 Å². The van der Waals surface area contributed by atoms with Crippen molar-refractivity contribution in [2.45, 2.75) is 37.6 Å². The van der Waals surface area contributed by atoms with E-state index in [2.05, 4.69) is 11.8 Å². The Bertz CT molecular complexity index is 610. The lowest BCUT2D eigenvalue weighted by Gasteiger charge is -2.38. The van der Waals surface area contributed by atoms with Crippen molar-refractivity contribution in [2.24, 2.45) is 11.7 Å². The molecule has 1 saturated heterocycles. The van der Waals surface area contributed by atoms with E-state index >= 15 is 0 Å². The van der Waals surface area contributed by atoms with Gasteiger partial charge in [0.05, 0.1) is 16.6 Å². The highest BCUT2D eigenvalue weighted by Gasteiger charge is 2.28. The molecule has 21 heavy (non-hydrogen) atoms. The van der Waals surface area contributed by atoms with E-state index in [0.717, 1.165) is 18.5 Å². The summed E-state index contributed by atoms with van der Waals surface area (Å²) in [4.78, 5) is 13.8. The standard InChI is InChI=1S/C15H22N2O3S/c1-3-21(19,20)14-8-6-13(7-9-14)17-10-12(15(16)18)5-4-11(17)2/h6-9,11-12H,3-5,10H2,1-2H3,(H2,16,18)/t11-,12-/m1/s1. The van der Waals surface area contributed by atoms with Crippen LogP contribution in [-0.4, -0.2) is 32.7 Å². The van der Waals surface area contributed by atoms with Gasteiger partial charge in [0.15, 0.2) is 9.84 Å². The van der Waals surface area contributed by atoms with Gasteiger partial charge in [0.1, 0.15) is 0 Å². The lowest BCUT2D eigenvalue weighted by Crippen LogP contribution is -2.45. The highest BCUT2D eigenvalue weighted by atomic mass is 32.2. The number of hydrogen-bond donors (Lipinski definition) is 1. The minimum absolute atomic E-state index is 0.0935. The molecule has 6 heteroatoms. The van der Waals surface area contributed by atoms with Crippen LogP contribution < -0.4 is 10.6 Å². The highest BCUT2D eigenvalue weighted by Crippen LogP contribution is 2.28. The lowest BCUT2D eigenvalue weighted by molar-refractivity contribution is -0.122. The third-order valence-corrected chi connectivity index (χ3v) is 5.94. The fourth-order valence-corrected chi connectivity index (χ4v) is 3.59. The maximum Gasteiger partial charge on any atom is 0.222 e. The van der Waals surface area contributed by atoms with Crippen LogP contribution in [0.2, 0.25) is 0 Å². The number of nitrogens with zero attached hydrogens (tertiary/aromatic N) is 1. The molecule has 0 aromatic heterocycles. The predicted molar refractivity (Wildman–Crippen MR) is 82.9 cm³/mol. The van der Waals surface area contributed by atoms with Gasteiger partial charge in [-0.2, -0.15) is 0 Å². The van der Waals surface area contributed by atoms with E-state index in [9.17, 15) is 13.2 Å². The van der Waals surface area contributed by atoms with Crippen LogP contribution in [0.15, 0.2) is 29.2 Å². The van der Waals surface area contributed by atoms with Crippen LogP contribution in [0.3, 0.4) is 0 Å². The molecular weight excluding hydrogens is 288 g/mol. The second-order valence-corrected chi connectivity index (χ2v) is 7.85. The van der Waals surface area contributed by atoms with Gasteiger partial charge in [-0.25, -0.2) is 8.42 Å². The average Bonchev–Trinajstić information content (AvgIpc) is 2.47. The van der Waals surface area contributed by atoms with Gasteiger partial charge in [-0.1, -0.05) is 6.92 Å². The van der Waals surface area contributed by atoms with E-state index in [4.69, 9.17) is 5.73 Å². The summed E-state index contributed by atoms with van der Waals surface area (Å²) in [6.45, 7) is 4.33. The minimum Gasteiger partial charge on any atom is -0.369 e. The molecule has 1 aromatic rings. The van der Waals surface area contributed by atoms with E-state index in [-0.39, 0.29) is 17.6 Å². The van der Waals surface area contributed by atoms with Crippen molar-refractivity contribution >= 4 is 21.4 Å². The first kappa shape index (κ1) is 15.8. The predicted octanol–water partition coefficient (Wildman–Crippen LogP) is 1.57. The highest BCUT2D eigenvalue weighted by molar-refractivity contribution is 7.91. The molecule has 2 atom stereocenters. The average molecular weight is 310 g/mol. The van der Waals surface area contributed by atoms with Crippen LogP contribution in [0.1, 0.15) is 26.7 Å². The number of carbonyl (C=O) groups excluding carboxylic acids is 1. The Morgan fingerprint density at radius 3 is 2.43 bits per heavy atom. The first-order valence-corrected chi connectivity index (χ1v) is 8.89. The molecule has 2 rings (SSSR count). The molecular formula is C15H22N2O3S. The quantitative estimate of drug-likeness (QED) is 0.915. The summed E-state index contributed by atoms with van der Waals surface area (Å²) in [7, 11) is -3.18. The second kappa shape index (κ2) is 6.05. The van der Waals surface area contributed by atoms with Crippen molar-refractivity contribution in [1.82, 2.24) is 0 Å². The van der Waals surface area contributed by atoms with E-state index in [1.165, 1.54) is 0 Å². The van der Waals surface area contributed by atoms with Gasteiger partial charge < -0.3 is 10.6 Å². The Balaban J connectivity index is 2.23.